The highest BCUT2D eigenvalue weighted by molar-refractivity contribution is 7.13. The third-order valence-corrected chi connectivity index (χ3v) is 6.46. The number of hydrogen-bond acceptors (Lipinski definition) is 8. The number of aromatic nitrogens is 1. The first-order valence-electron chi connectivity index (χ1n) is 9.73. The number of benzene rings is 1. The first-order valence-corrected chi connectivity index (χ1v) is 10.6. The van der Waals surface area contributed by atoms with Crippen LogP contribution in [0.3, 0.4) is 0 Å². The normalized spacial score (nSPS) is 16.0. The van der Waals surface area contributed by atoms with Gasteiger partial charge in [0.05, 0.1) is 17.6 Å². The van der Waals surface area contributed by atoms with E-state index >= 15 is 0 Å². The molecule has 2 aromatic heterocycles. The van der Waals surface area contributed by atoms with Gasteiger partial charge in [-0.1, -0.05) is 0 Å². The average Bonchev–Trinajstić information content (AvgIpc) is 3.14. The van der Waals surface area contributed by atoms with E-state index in [-0.39, 0.29) is 17.8 Å². The highest BCUT2D eigenvalue weighted by atomic mass is 32.1. The summed E-state index contributed by atoms with van der Waals surface area (Å²) in [5, 5.41) is 22.8. The Bertz CT molecular complexity index is 1080. The molecule has 0 atom stereocenters. The molecule has 0 spiro atoms. The fourth-order valence-electron chi connectivity index (χ4n) is 3.79. The number of nitrogens with zero attached hydrogens (tertiary/aromatic N) is 3. The Morgan fingerprint density at radius 1 is 1.21 bits per heavy atom. The van der Waals surface area contributed by atoms with Crippen LogP contribution in [0.15, 0.2) is 26.9 Å². The van der Waals surface area contributed by atoms with E-state index < -0.39 is 0 Å². The lowest BCUT2D eigenvalue weighted by atomic mass is 10.0. The van der Waals surface area contributed by atoms with Crippen molar-refractivity contribution in [3.63, 3.8) is 0 Å². The first-order chi connectivity index (χ1) is 14.0. The number of rotatable bonds is 5. The molecule has 1 saturated heterocycles. The number of aryl methyl sites for hydroxylation is 2. The Labute approximate surface area is 172 Å². The van der Waals surface area contributed by atoms with Crippen molar-refractivity contribution in [2.45, 2.75) is 20.4 Å². The standard InChI is InChI=1S/C21H25N3O4S/c1-13-12-29-21(22-13)17-11-28-20-14(2)18(26)15(9-16(20)19(17)27)10-24-5-3-23(4-6-24)7-8-25/h9,11-12,25-26H,3-8,10H2,1-2H3. The van der Waals surface area contributed by atoms with Gasteiger partial charge in [0.1, 0.15) is 22.6 Å². The third-order valence-electron chi connectivity index (χ3n) is 5.47. The summed E-state index contributed by atoms with van der Waals surface area (Å²) in [5.74, 6) is 0.177. The molecule has 0 radical (unpaired) electrons. The highest BCUT2D eigenvalue weighted by Crippen LogP contribution is 2.32. The molecule has 1 fully saturated rings. The number of aromatic hydroxyl groups is 1. The van der Waals surface area contributed by atoms with Gasteiger partial charge in [-0.05, 0) is 19.9 Å². The van der Waals surface area contributed by atoms with Crippen LogP contribution < -0.4 is 5.43 Å². The van der Waals surface area contributed by atoms with Gasteiger partial charge < -0.3 is 14.6 Å². The summed E-state index contributed by atoms with van der Waals surface area (Å²) >= 11 is 1.42. The molecule has 1 aromatic carbocycles. The predicted molar refractivity (Wildman–Crippen MR) is 114 cm³/mol. The van der Waals surface area contributed by atoms with Crippen LogP contribution in [0.25, 0.3) is 21.5 Å². The monoisotopic (exact) mass is 415 g/mol. The zero-order chi connectivity index (χ0) is 20.5. The molecule has 0 amide bonds. The maximum Gasteiger partial charge on any atom is 0.202 e. The molecule has 0 bridgehead atoms. The fourth-order valence-corrected chi connectivity index (χ4v) is 4.59. The van der Waals surface area contributed by atoms with Crippen LogP contribution in [0.4, 0.5) is 0 Å². The molecule has 154 valence electrons. The van der Waals surface area contributed by atoms with Crippen LogP contribution in [0.5, 0.6) is 5.75 Å². The Morgan fingerprint density at radius 3 is 2.59 bits per heavy atom. The number of phenols is 1. The maximum absolute atomic E-state index is 13.1. The van der Waals surface area contributed by atoms with Crippen molar-refractivity contribution in [3.8, 4) is 16.3 Å². The van der Waals surface area contributed by atoms with Gasteiger partial charge in [0, 0.05) is 61.5 Å². The van der Waals surface area contributed by atoms with Crippen molar-refractivity contribution in [3.05, 3.63) is 44.8 Å². The van der Waals surface area contributed by atoms with Gasteiger partial charge >= 0.3 is 0 Å². The van der Waals surface area contributed by atoms with E-state index in [1.54, 1.807) is 13.0 Å². The summed E-state index contributed by atoms with van der Waals surface area (Å²) in [5.41, 5.74) is 2.91. The molecule has 2 N–H and O–H groups in total. The Balaban J connectivity index is 1.67. The van der Waals surface area contributed by atoms with Gasteiger partial charge in [-0.2, -0.15) is 0 Å². The van der Waals surface area contributed by atoms with Gasteiger partial charge in [-0.3, -0.25) is 14.6 Å². The highest BCUT2D eigenvalue weighted by Gasteiger charge is 2.21. The Morgan fingerprint density at radius 2 is 1.93 bits per heavy atom. The molecular formula is C21H25N3O4S. The number of thiazole rings is 1. The Kier molecular flexibility index (Phi) is 5.69. The minimum atomic E-state index is -0.127. The third kappa shape index (κ3) is 3.93. The topological polar surface area (TPSA) is 90.0 Å². The maximum atomic E-state index is 13.1. The van der Waals surface area contributed by atoms with E-state index in [2.05, 4.69) is 14.8 Å². The summed E-state index contributed by atoms with van der Waals surface area (Å²) in [4.78, 5) is 22.0. The molecule has 7 nitrogen and oxygen atoms in total. The first kappa shape index (κ1) is 20.0. The number of piperazine rings is 1. The quantitative estimate of drug-likeness (QED) is 0.661. The number of β-amino-alcohol motifs (C(OH)–C–C–N with tert-alkyl or cyclic N) is 1. The zero-order valence-corrected chi connectivity index (χ0v) is 17.5. The lowest BCUT2D eigenvalue weighted by molar-refractivity contribution is 0.108. The van der Waals surface area contributed by atoms with Crippen LogP contribution in [0.1, 0.15) is 16.8 Å². The van der Waals surface area contributed by atoms with Crippen LogP contribution in [0, 0.1) is 13.8 Å². The molecule has 4 rings (SSSR count). The molecule has 0 unspecified atom stereocenters. The summed E-state index contributed by atoms with van der Waals surface area (Å²) in [7, 11) is 0. The lowest BCUT2D eigenvalue weighted by Gasteiger charge is -2.34. The fraction of sp³-hybridized carbons (Fsp3) is 0.429. The minimum Gasteiger partial charge on any atom is -0.507 e. The van der Waals surface area contributed by atoms with Crippen molar-refractivity contribution >= 4 is 22.3 Å². The molecule has 1 aliphatic heterocycles. The molecule has 0 saturated carbocycles. The van der Waals surface area contributed by atoms with Crippen molar-refractivity contribution in [2.75, 3.05) is 39.3 Å². The molecule has 8 heteroatoms. The van der Waals surface area contributed by atoms with E-state index in [0.717, 1.165) is 37.4 Å². The molecule has 3 heterocycles. The second kappa shape index (κ2) is 8.23. The number of phenolic OH excluding ortho intramolecular Hbond substituents is 1. The van der Waals surface area contributed by atoms with Crippen molar-refractivity contribution < 1.29 is 14.6 Å². The van der Waals surface area contributed by atoms with Gasteiger partial charge in [0.15, 0.2) is 0 Å². The van der Waals surface area contributed by atoms with Gasteiger partial charge in [-0.15, -0.1) is 11.3 Å². The van der Waals surface area contributed by atoms with Gasteiger partial charge in [0.2, 0.25) is 5.43 Å². The van der Waals surface area contributed by atoms with Crippen molar-refractivity contribution in [1.82, 2.24) is 14.8 Å². The SMILES string of the molecule is Cc1csc(-c2coc3c(C)c(O)c(CN4CCN(CCO)CC4)cc3c2=O)n1. The van der Waals surface area contributed by atoms with Crippen molar-refractivity contribution in [2.24, 2.45) is 0 Å². The summed E-state index contributed by atoms with van der Waals surface area (Å²) in [6.45, 7) is 8.55. The molecule has 3 aromatic rings. The van der Waals surface area contributed by atoms with E-state index in [1.807, 2.05) is 12.3 Å². The number of aliphatic hydroxyl groups is 1. The van der Waals surface area contributed by atoms with Crippen LogP contribution in [-0.2, 0) is 6.54 Å². The van der Waals surface area contributed by atoms with Crippen LogP contribution >= 0.6 is 11.3 Å². The van der Waals surface area contributed by atoms with E-state index in [0.29, 0.717) is 40.2 Å². The van der Waals surface area contributed by atoms with Gasteiger partial charge in [0.25, 0.3) is 0 Å². The zero-order valence-electron chi connectivity index (χ0n) is 16.6. The van der Waals surface area contributed by atoms with Crippen molar-refractivity contribution in [1.29, 1.82) is 0 Å². The molecule has 0 aliphatic carbocycles. The molecular weight excluding hydrogens is 390 g/mol. The average molecular weight is 416 g/mol. The van der Waals surface area contributed by atoms with Crippen LogP contribution in [-0.4, -0.2) is 64.3 Å². The van der Waals surface area contributed by atoms with Gasteiger partial charge in [-0.25, -0.2) is 4.98 Å². The summed E-state index contributed by atoms with van der Waals surface area (Å²) in [6, 6.07) is 1.76. The predicted octanol–water partition coefficient (Wildman–Crippen LogP) is 2.35. The number of fused-ring (bicyclic) bond motifs is 1. The summed E-state index contributed by atoms with van der Waals surface area (Å²) in [6.07, 6.45) is 1.44. The second-order valence-electron chi connectivity index (χ2n) is 7.50. The smallest absolute Gasteiger partial charge is 0.202 e. The van der Waals surface area contributed by atoms with E-state index in [9.17, 15) is 9.90 Å². The van der Waals surface area contributed by atoms with Crippen LogP contribution in [0.2, 0.25) is 0 Å². The van der Waals surface area contributed by atoms with E-state index in [4.69, 9.17) is 9.52 Å². The lowest BCUT2D eigenvalue weighted by Crippen LogP contribution is -2.46. The summed E-state index contributed by atoms with van der Waals surface area (Å²) < 4.78 is 5.75. The number of hydrogen-bond donors (Lipinski definition) is 2. The molecule has 29 heavy (non-hydrogen) atoms. The molecule has 1 aliphatic rings. The number of aliphatic hydroxyl groups excluding tert-OH is 1. The largest absolute Gasteiger partial charge is 0.507 e. The van der Waals surface area contributed by atoms with E-state index in [1.165, 1.54) is 17.6 Å². The Hall–Kier alpha value is -2.26. The second-order valence-corrected chi connectivity index (χ2v) is 8.36. The minimum absolute atomic E-state index is 0.127.